The summed E-state index contributed by atoms with van der Waals surface area (Å²) in [4.78, 5) is 13.5. The van der Waals surface area contributed by atoms with E-state index in [1.807, 2.05) is 36.9 Å². The van der Waals surface area contributed by atoms with E-state index in [4.69, 9.17) is 9.15 Å². The van der Waals surface area contributed by atoms with Crippen LogP contribution in [0.3, 0.4) is 0 Å². The first kappa shape index (κ1) is 20.9. The van der Waals surface area contributed by atoms with Gasteiger partial charge in [0.1, 0.15) is 5.75 Å². The third kappa shape index (κ3) is 6.09. The minimum Gasteiger partial charge on any atom is -0.496 e. The van der Waals surface area contributed by atoms with Crippen molar-refractivity contribution in [2.45, 2.75) is 43.8 Å². The summed E-state index contributed by atoms with van der Waals surface area (Å²) in [5, 5.41) is 11.2. The summed E-state index contributed by atoms with van der Waals surface area (Å²) in [6.45, 7) is 6.28. The van der Waals surface area contributed by atoms with Gasteiger partial charge in [-0.3, -0.25) is 10.1 Å². The molecule has 1 N–H and O–H groups in total. The molecule has 0 bridgehead atoms. The van der Waals surface area contributed by atoms with Crippen LogP contribution in [0.4, 0.5) is 6.01 Å². The number of nitrogens with zero attached hydrogens (tertiary/aromatic N) is 2. The van der Waals surface area contributed by atoms with Crippen LogP contribution < -0.4 is 10.1 Å². The minimum absolute atomic E-state index is 0.113. The number of amides is 1. The fourth-order valence-electron chi connectivity index (χ4n) is 2.91. The van der Waals surface area contributed by atoms with Crippen LogP contribution in [-0.2, 0) is 17.6 Å². The van der Waals surface area contributed by atoms with Crippen molar-refractivity contribution < 1.29 is 13.9 Å². The van der Waals surface area contributed by atoms with Crippen molar-refractivity contribution in [2.75, 3.05) is 12.4 Å². The summed E-state index contributed by atoms with van der Waals surface area (Å²) in [5.41, 5.74) is 2.95. The zero-order chi connectivity index (χ0) is 20.8. The van der Waals surface area contributed by atoms with E-state index in [9.17, 15) is 4.79 Å². The van der Waals surface area contributed by atoms with Gasteiger partial charge in [0.25, 0.3) is 0 Å². The minimum atomic E-state index is -0.208. The maximum atomic E-state index is 12.3. The molecule has 0 spiro atoms. The molecule has 6 nitrogen and oxygen atoms in total. The van der Waals surface area contributed by atoms with Crippen molar-refractivity contribution in [3.8, 4) is 5.75 Å². The van der Waals surface area contributed by atoms with E-state index in [0.29, 0.717) is 17.6 Å². The zero-order valence-electron chi connectivity index (χ0n) is 17.1. The van der Waals surface area contributed by atoms with Crippen molar-refractivity contribution in [2.24, 2.45) is 0 Å². The molecule has 3 aromatic rings. The number of rotatable bonds is 8. The Morgan fingerprint density at radius 3 is 2.52 bits per heavy atom. The van der Waals surface area contributed by atoms with Crippen LogP contribution in [0.2, 0.25) is 0 Å². The molecule has 0 aliphatic carbocycles. The fourth-order valence-corrected chi connectivity index (χ4v) is 3.75. The van der Waals surface area contributed by atoms with Gasteiger partial charge in [-0.15, -0.1) is 16.9 Å². The second kappa shape index (κ2) is 9.60. The molecule has 3 rings (SSSR count). The molecule has 29 heavy (non-hydrogen) atoms. The predicted octanol–water partition coefficient (Wildman–Crippen LogP) is 4.66. The lowest BCUT2D eigenvalue weighted by molar-refractivity contribution is -0.115. The predicted molar refractivity (Wildman–Crippen MR) is 115 cm³/mol. The number of hydrogen-bond acceptors (Lipinski definition) is 6. The normalized spacial score (nSPS) is 10.9. The molecule has 0 unspecified atom stereocenters. The lowest BCUT2D eigenvalue weighted by atomic mass is 10.1. The average Bonchev–Trinajstić information content (AvgIpc) is 3.09. The monoisotopic (exact) mass is 411 g/mol. The van der Waals surface area contributed by atoms with Crippen LogP contribution in [0.5, 0.6) is 5.75 Å². The summed E-state index contributed by atoms with van der Waals surface area (Å²) in [7, 11) is 1.63. The number of ether oxygens (including phenoxy) is 1. The van der Waals surface area contributed by atoms with Crippen molar-refractivity contribution >= 4 is 23.7 Å². The first-order chi connectivity index (χ1) is 13.9. The number of benzene rings is 2. The molecule has 0 aliphatic rings. The number of anilines is 1. The van der Waals surface area contributed by atoms with E-state index in [-0.39, 0.29) is 18.3 Å². The molecule has 0 radical (unpaired) electrons. The van der Waals surface area contributed by atoms with Crippen molar-refractivity contribution in [1.82, 2.24) is 10.2 Å². The standard InChI is InChI=1S/C22H25N3O3S/c1-14(2)29-18-8-5-16(6-9-18)13-21-24-25-22(28-21)23-20(26)12-17-7-10-19(27-4)15(3)11-17/h5-11,14H,12-13H2,1-4H3,(H,23,25,26). The summed E-state index contributed by atoms with van der Waals surface area (Å²) in [5.74, 6) is 1.05. The molecule has 7 heteroatoms. The van der Waals surface area contributed by atoms with Gasteiger partial charge in [-0.05, 0) is 41.8 Å². The molecule has 0 saturated carbocycles. The molecule has 2 aromatic carbocycles. The Kier molecular flexibility index (Phi) is 6.93. The van der Waals surface area contributed by atoms with Gasteiger partial charge in [0.2, 0.25) is 11.8 Å². The second-order valence-electron chi connectivity index (χ2n) is 7.02. The molecule has 0 saturated heterocycles. The summed E-state index contributed by atoms with van der Waals surface area (Å²) in [6, 6.07) is 14.1. The van der Waals surface area contributed by atoms with Crippen molar-refractivity contribution in [1.29, 1.82) is 0 Å². The number of carbonyl (C=O) groups is 1. The molecule has 1 heterocycles. The van der Waals surface area contributed by atoms with Gasteiger partial charge in [-0.2, -0.15) is 0 Å². The number of methoxy groups -OCH3 is 1. The highest BCUT2D eigenvalue weighted by Gasteiger charge is 2.12. The van der Waals surface area contributed by atoms with Gasteiger partial charge in [-0.1, -0.05) is 43.2 Å². The average molecular weight is 412 g/mol. The third-order valence-corrected chi connectivity index (χ3v) is 5.20. The van der Waals surface area contributed by atoms with Crippen LogP contribution >= 0.6 is 11.8 Å². The van der Waals surface area contributed by atoms with Gasteiger partial charge < -0.3 is 9.15 Å². The third-order valence-electron chi connectivity index (χ3n) is 4.19. The fraction of sp³-hybridized carbons (Fsp3) is 0.318. The first-order valence-corrected chi connectivity index (χ1v) is 10.3. The van der Waals surface area contributed by atoms with Crippen molar-refractivity contribution in [3.05, 3.63) is 65.0 Å². The van der Waals surface area contributed by atoms with E-state index in [2.05, 4.69) is 53.6 Å². The largest absolute Gasteiger partial charge is 0.496 e. The second-order valence-corrected chi connectivity index (χ2v) is 8.67. The van der Waals surface area contributed by atoms with Crippen LogP contribution in [0, 0.1) is 6.92 Å². The number of aromatic nitrogens is 2. The van der Waals surface area contributed by atoms with Gasteiger partial charge in [0.05, 0.1) is 20.0 Å². The number of thioether (sulfide) groups is 1. The van der Waals surface area contributed by atoms with Crippen LogP contribution in [0.15, 0.2) is 51.8 Å². The van der Waals surface area contributed by atoms with E-state index in [0.717, 1.165) is 22.4 Å². The quantitative estimate of drug-likeness (QED) is 0.543. The van der Waals surface area contributed by atoms with E-state index >= 15 is 0 Å². The van der Waals surface area contributed by atoms with Crippen LogP contribution in [-0.4, -0.2) is 28.5 Å². The molecular formula is C22H25N3O3S. The Labute approximate surface area is 175 Å². The number of carbonyl (C=O) groups excluding carboxylic acids is 1. The van der Waals surface area contributed by atoms with E-state index < -0.39 is 0 Å². The molecular weight excluding hydrogens is 386 g/mol. The topological polar surface area (TPSA) is 77.2 Å². The lowest BCUT2D eigenvalue weighted by Crippen LogP contribution is -2.14. The Morgan fingerprint density at radius 2 is 1.86 bits per heavy atom. The lowest BCUT2D eigenvalue weighted by Gasteiger charge is -2.07. The highest BCUT2D eigenvalue weighted by Crippen LogP contribution is 2.24. The number of hydrogen-bond donors (Lipinski definition) is 1. The Morgan fingerprint density at radius 1 is 1.14 bits per heavy atom. The highest BCUT2D eigenvalue weighted by molar-refractivity contribution is 7.99. The van der Waals surface area contributed by atoms with Gasteiger partial charge in [-0.25, -0.2) is 0 Å². The molecule has 1 amide bonds. The van der Waals surface area contributed by atoms with E-state index in [1.54, 1.807) is 7.11 Å². The molecule has 152 valence electrons. The van der Waals surface area contributed by atoms with Gasteiger partial charge >= 0.3 is 6.01 Å². The zero-order valence-corrected chi connectivity index (χ0v) is 17.9. The molecule has 1 aromatic heterocycles. The SMILES string of the molecule is COc1ccc(CC(=O)Nc2nnc(Cc3ccc(SC(C)C)cc3)o2)cc1C. The summed E-state index contributed by atoms with van der Waals surface area (Å²) < 4.78 is 10.8. The van der Waals surface area contributed by atoms with Crippen LogP contribution in [0.25, 0.3) is 0 Å². The molecule has 0 fully saturated rings. The smallest absolute Gasteiger partial charge is 0.322 e. The molecule has 0 atom stereocenters. The van der Waals surface area contributed by atoms with Gasteiger partial charge in [0, 0.05) is 10.1 Å². The first-order valence-electron chi connectivity index (χ1n) is 9.44. The molecule has 0 aliphatic heterocycles. The summed E-state index contributed by atoms with van der Waals surface area (Å²) in [6.07, 6.45) is 0.741. The van der Waals surface area contributed by atoms with Crippen molar-refractivity contribution in [3.63, 3.8) is 0 Å². The number of nitrogens with one attached hydrogen (secondary N) is 1. The maximum Gasteiger partial charge on any atom is 0.322 e. The van der Waals surface area contributed by atoms with E-state index in [1.165, 1.54) is 4.90 Å². The Hall–Kier alpha value is -2.80. The number of aryl methyl sites for hydroxylation is 1. The Balaban J connectivity index is 1.55. The maximum absolute atomic E-state index is 12.3. The highest BCUT2D eigenvalue weighted by atomic mass is 32.2. The Bertz CT molecular complexity index is 968. The van der Waals surface area contributed by atoms with Crippen LogP contribution in [0.1, 0.15) is 36.4 Å². The summed E-state index contributed by atoms with van der Waals surface area (Å²) >= 11 is 1.82. The van der Waals surface area contributed by atoms with Gasteiger partial charge in [0.15, 0.2) is 0 Å².